The van der Waals surface area contributed by atoms with E-state index in [2.05, 4.69) is 73.0 Å². The van der Waals surface area contributed by atoms with Crippen molar-refractivity contribution in [3.63, 3.8) is 0 Å². The molecule has 1 aliphatic heterocycles. The van der Waals surface area contributed by atoms with Gasteiger partial charge in [0.1, 0.15) is 14.7 Å². The van der Waals surface area contributed by atoms with Gasteiger partial charge in [0.25, 0.3) is 0 Å². The number of nitrogens with one attached hydrogen (secondary N) is 2. The first-order valence-electron chi connectivity index (χ1n) is 43.1. The second-order valence-electron chi connectivity index (χ2n) is 30.4. The van der Waals surface area contributed by atoms with E-state index >= 15 is 0 Å². The number of halogens is 3. The van der Waals surface area contributed by atoms with Crippen LogP contribution in [0.25, 0.3) is 0 Å². The number of unbranched alkanes of at least 4 members (excludes halogenated alkanes) is 10. The van der Waals surface area contributed by atoms with Crippen LogP contribution in [0.3, 0.4) is 0 Å². The minimum absolute atomic E-state index is 0.0234. The zero-order valence-corrected chi connectivity index (χ0v) is 81.5. The lowest BCUT2D eigenvalue weighted by Crippen LogP contribution is -2.28. The minimum Gasteiger partial charge on any atom is -0.478 e. The molecule has 714 valence electrons. The molecule has 0 aromatic heterocycles. The van der Waals surface area contributed by atoms with Crippen molar-refractivity contribution in [1.82, 2.24) is 5.32 Å². The summed E-state index contributed by atoms with van der Waals surface area (Å²) < 4.78 is 133. The summed E-state index contributed by atoms with van der Waals surface area (Å²) in [5, 5.41) is 79.0. The van der Waals surface area contributed by atoms with Gasteiger partial charge in [0, 0.05) is 76.8 Å². The predicted octanol–water partition coefficient (Wildman–Crippen LogP) is 16.6. The molecule has 1 aliphatic rings. The van der Waals surface area contributed by atoms with Gasteiger partial charge in [-0.3, -0.25) is 0 Å². The van der Waals surface area contributed by atoms with Crippen molar-refractivity contribution in [2.45, 2.75) is 248 Å². The monoisotopic (exact) mass is 1960 g/mol. The maximum absolute atomic E-state index is 14.6. The van der Waals surface area contributed by atoms with E-state index in [1.54, 1.807) is 11.8 Å². The molecule has 0 amide bonds. The Balaban J connectivity index is 0.000000529. The molecule has 6 aromatic carbocycles. The number of rotatable bonds is 47. The average molecular weight is 1960 g/mol. The third-order valence-corrected chi connectivity index (χ3v) is 26.4. The number of primary sulfonamides is 5. The first kappa shape index (κ1) is 115. The highest BCUT2D eigenvalue weighted by Gasteiger charge is 2.30. The zero-order valence-electron chi connectivity index (χ0n) is 75.1. The summed E-state index contributed by atoms with van der Waals surface area (Å²) >= 11 is 9.52. The number of carboxylic acid groups (broad SMARTS) is 5. The molecule has 7 rings (SSSR count). The Morgan fingerprint density at radius 1 is 0.370 bits per heavy atom. The molecule has 40 heteroatoms. The Morgan fingerprint density at radius 2 is 0.630 bits per heavy atom. The van der Waals surface area contributed by atoms with E-state index < -0.39 is 90.7 Å². The van der Waals surface area contributed by atoms with Crippen molar-refractivity contribution in [1.29, 1.82) is 0 Å². The van der Waals surface area contributed by atoms with Gasteiger partial charge < -0.3 is 60.7 Å². The van der Waals surface area contributed by atoms with E-state index in [-0.39, 0.29) is 58.1 Å². The van der Waals surface area contributed by atoms with Crippen LogP contribution in [-0.4, -0.2) is 176 Å². The van der Waals surface area contributed by atoms with Crippen molar-refractivity contribution >= 4 is 147 Å². The van der Waals surface area contributed by atoms with Gasteiger partial charge in [0.2, 0.25) is 50.1 Å². The Labute approximate surface area is 765 Å². The Bertz CT molecular complexity index is 4610. The average Bonchev–Trinajstić information content (AvgIpc) is 0.774. The van der Waals surface area contributed by atoms with Crippen LogP contribution >= 0.6 is 27.5 Å². The number of hydrogen-bond acceptors (Lipinski definition) is 22. The lowest BCUT2D eigenvalue weighted by molar-refractivity contribution is 0.0685. The number of piperidine rings is 1. The molecule has 0 aliphatic carbocycles. The summed E-state index contributed by atoms with van der Waals surface area (Å²) in [6, 6.07) is 21.4. The molecule has 1 heterocycles. The Morgan fingerprint density at radius 3 is 0.937 bits per heavy atom. The molecule has 0 unspecified atom stereocenters. The third-order valence-electron chi connectivity index (χ3n) is 20.0. The molecule has 17 N–H and O–H groups in total. The quantitative estimate of drug-likeness (QED) is 0.0169. The summed E-state index contributed by atoms with van der Waals surface area (Å²) in [4.78, 5) is 64.9. The summed E-state index contributed by atoms with van der Waals surface area (Å²) in [7, 11) is -20.6. The highest BCUT2D eigenvalue weighted by atomic mass is 79.9. The van der Waals surface area contributed by atoms with Gasteiger partial charge in [-0.1, -0.05) is 170 Å². The molecule has 1 fully saturated rings. The molecule has 32 nitrogen and oxygen atoms in total. The Hall–Kier alpha value is -8.32. The minimum atomic E-state index is -4.35. The molecule has 1 saturated heterocycles. The molecular weight excluding hydrogens is 1830 g/mol. The fraction of sp³-hybridized carbons (Fsp3) is 0.529. The van der Waals surface area contributed by atoms with Gasteiger partial charge in [0.05, 0.1) is 75.5 Å². The maximum Gasteiger partial charge on any atom is 0.335 e. The number of hydrogen-bond donors (Lipinski definition) is 12. The van der Waals surface area contributed by atoms with Crippen LogP contribution in [-0.2, 0) is 50.1 Å². The number of aromatic carboxylic acids is 5. The van der Waals surface area contributed by atoms with Gasteiger partial charge >= 0.3 is 29.8 Å². The van der Waals surface area contributed by atoms with Crippen LogP contribution in [0.15, 0.2) is 120 Å². The van der Waals surface area contributed by atoms with E-state index in [1.807, 2.05) is 72.7 Å². The van der Waals surface area contributed by atoms with Crippen molar-refractivity contribution in [3.05, 3.63) is 140 Å². The largest absolute Gasteiger partial charge is 0.478 e. The number of carbonyl (C=O) groups is 5. The van der Waals surface area contributed by atoms with Crippen LogP contribution < -0.4 is 60.8 Å². The lowest BCUT2D eigenvalue weighted by Gasteiger charge is -2.29. The van der Waals surface area contributed by atoms with Gasteiger partial charge in [-0.2, -0.15) is 0 Å². The molecule has 0 bridgehead atoms. The summed E-state index contributed by atoms with van der Waals surface area (Å²) in [6.45, 7) is 31.4. The second-order valence-corrected chi connectivity index (χ2v) is 39.3. The normalized spacial score (nSPS) is 12.0. The molecule has 0 atom stereocenters. The van der Waals surface area contributed by atoms with Gasteiger partial charge in [-0.25, -0.2) is 96.1 Å². The Kier molecular flexibility index (Phi) is 52.1. The van der Waals surface area contributed by atoms with Crippen LogP contribution in [0.2, 0.25) is 5.02 Å². The number of nitrogens with zero attached hydrogens (tertiary/aromatic N) is 5. The number of benzene rings is 6. The van der Waals surface area contributed by atoms with Crippen molar-refractivity contribution in [2.75, 3.05) is 108 Å². The second kappa shape index (κ2) is 57.7. The van der Waals surface area contributed by atoms with E-state index in [0.717, 1.165) is 191 Å². The summed E-state index contributed by atoms with van der Waals surface area (Å²) in [5.41, 5.74) is 2.86. The summed E-state index contributed by atoms with van der Waals surface area (Å²) in [5.74, 6) is -7.10. The van der Waals surface area contributed by atoms with Crippen molar-refractivity contribution in [2.24, 2.45) is 25.7 Å². The van der Waals surface area contributed by atoms with E-state index in [9.17, 15) is 90.9 Å². The first-order valence-corrected chi connectivity index (χ1v) is 52.0. The topological polar surface area (TPSA) is 528 Å². The third kappa shape index (κ3) is 39.5. The number of para-hydroxylation sites is 1. The highest BCUT2D eigenvalue weighted by molar-refractivity contribution is 9.10. The molecular formula is C87H135BrClFN12O20S5. The number of anilines is 7. The smallest absolute Gasteiger partial charge is 0.335 e. The first-order chi connectivity index (χ1) is 59.6. The fourth-order valence-electron chi connectivity index (χ4n) is 12.9. The van der Waals surface area contributed by atoms with E-state index in [4.69, 9.17) is 42.4 Å². The van der Waals surface area contributed by atoms with Crippen LogP contribution in [0.5, 0.6) is 0 Å². The molecule has 0 saturated carbocycles. The van der Waals surface area contributed by atoms with E-state index in [0.29, 0.717) is 83.4 Å². The van der Waals surface area contributed by atoms with Gasteiger partial charge in [-0.05, 0) is 191 Å². The number of nitrogens with two attached hydrogens (primary N) is 5. The molecule has 6 aromatic rings. The van der Waals surface area contributed by atoms with Crippen molar-refractivity contribution < 1.29 is 96.0 Å². The predicted molar refractivity (Wildman–Crippen MR) is 508 cm³/mol. The SMILES string of the molecule is C1CCNCC1.CCCCN(CCCC)c1cc(C(=O)O)cc(S(N)(=O)=O)c1Br.CCCCN(CCCC)c1cc(C(=O)O)cc(S(N)(=O)=O)c1C.CCCCN(CCCC)c1cc(C(=O)O)cc(S(N)(=O)=O)c1Cl.CCCCN(CCCC)c1cc(C(=O)O)cc(S(N)(=O)=O)c1F.CCCCN(CCCC)c1cc(C(=O)O)cc(S(N)(=O)=O)c1Nc1ccccc1. The van der Waals surface area contributed by atoms with Crippen LogP contribution in [0, 0.1) is 12.7 Å². The van der Waals surface area contributed by atoms with Crippen LogP contribution in [0.4, 0.5) is 44.2 Å². The zero-order chi connectivity index (χ0) is 96.2. The molecule has 0 spiro atoms. The molecule has 127 heavy (non-hydrogen) atoms. The fourth-order valence-corrected chi connectivity index (χ4v) is 18.1. The van der Waals surface area contributed by atoms with Crippen molar-refractivity contribution in [3.8, 4) is 0 Å². The number of carboxylic acids is 5. The van der Waals surface area contributed by atoms with E-state index in [1.165, 1.54) is 56.6 Å². The van der Waals surface area contributed by atoms with Gasteiger partial charge in [0.15, 0.2) is 5.82 Å². The lowest BCUT2D eigenvalue weighted by atomic mass is 10.1. The number of sulfonamides is 5. The highest BCUT2D eigenvalue weighted by Crippen LogP contribution is 2.40. The summed E-state index contributed by atoms with van der Waals surface area (Å²) in [6.07, 6.45) is 22.7. The maximum atomic E-state index is 14.6. The molecule has 0 radical (unpaired) electrons. The van der Waals surface area contributed by atoms with Gasteiger partial charge in [-0.15, -0.1) is 0 Å². The standard InChI is InChI=1S/C21H29N3O4S.C16H26N2O4S.C15H23BrN2O4S.C15H23ClN2O4S.C15H23FN2O4S.C5H11N/c1-3-5-12-24(13-6-4-2)18-14-16(21(25)26)15-19(29(22,27)28)20(18)23-17-10-8-7-9-11-17;1-4-6-8-18(9-7-5-2)14-10-13(16(19)20)11-15(12(14)3)23(17,21)22;3*1-3-5-7-18(8-6-4-2)12-9-11(15(19)20)10-13(14(12)16)23(17,21)22;1-2-4-6-5-3-1/h7-11,14-15,23H,3-6,12-13H2,1-2H3,(H,25,26)(H2,22,27,28);10-11H,4-9H2,1-3H3,(H,19,20)(H2,17,21,22);3*9-10H,3-8H2,1-2H3,(H,19,20)(H2,17,21,22);6H,1-5H2. The van der Waals surface area contributed by atoms with Crippen LogP contribution in [0.1, 0.15) is 274 Å².